The number of carbonyl (C=O) groups excluding carboxylic acids is 1. The van der Waals surface area contributed by atoms with Gasteiger partial charge in [-0.15, -0.1) is 24.2 Å². The second kappa shape index (κ2) is 23.8. The van der Waals surface area contributed by atoms with Crippen LogP contribution in [0.4, 0.5) is 24.5 Å². The van der Waals surface area contributed by atoms with Gasteiger partial charge in [0, 0.05) is 117 Å². The fourth-order valence-electron chi connectivity index (χ4n) is 10.8. The zero-order valence-corrected chi connectivity index (χ0v) is 45.6. The topological polar surface area (TPSA) is 144 Å². The highest BCUT2D eigenvalue weighted by atomic mass is 35.5. The predicted octanol–water partition coefficient (Wildman–Crippen LogP) is 8.67. The van der Waals surface area contributed by atoms with Crippen LogP contribution in [0.3, 0.4) is 0 Å². The summed E-state index contributed by atoms with van der Waals surface area (Å²) in [5, 5.41) is 7.24. The third-order valence-electron chi connectivity index (χ3n) is 15.1. The molecule has 402 valence electrons. The van der Waals surface area contributed by atoms with E-state index < -0.39 is 47.1 Å². The minimum Gasteiger partial charge on any atom is -0.380 e. The van der Waals surface area contributed by atoms with Crippen LogP contribution in [0, 0.1) is 5.41 Å². The number of rotatable bonds is 18. The number of ether oxygens (including phenoxy) is 1. The molecular weight excluding hydrogens is 1050 g/mol. The molecule has 3 aliphatic heterocycles. The molecule has 13 nitrogen and oxygen atoms in total. The number of hydrogen-bond acceptors (Lipinski definition) is 13. The third kappa shape index (κ3) is 13.6. The highest BCUT2D eigenvalue weighted by Gasteiger charge is 2.50. The molecule has 9 rings (SSSR count). The van der Waals surface area contributed by atoms with Gasteiger partial charge in [-0.05, 0) is 122 Å². The molecular formula is C53H66Cl2F3N7O6S3. The van der Waals surface area contributed by atoms with Gasteiger partial charge in [0.15, 0.2) is 0 Å². The number of carbonyl (C=O) groups is 1. The number of sulfone groups is 1. The number of alkyl halides is 3. The lowest BCUT2D eigenvalue weighted by molar-refractivity contribution is -0.0435. The van der Waals surface area contributed by atoms with Crippen LogP contribution in [0.25, 0.3) is 5.57 Å². The molecule has 3 saturated heterocycles. The van der Waals surface area contributed by atoms with Crippen molar-refractivity contribution in [2.24, 2.45) is 5.41 Å². The average molecular weight is 1120 g/mol. The van der Waals surface area contributed by atoms with Gasteiger partial charge in [0.2, 0.25) is 0 Å². The summed E-state index contributed by atoms with van der Waals surface area (Å²) in [4.78, 5) is 22.0. The van der Waals surface area contributed by atoms with Gasteiger partial charge < -0.3 is 25.2 Å². The smallest absolute Gasteiger partial charge is 0.380 e. The van der Waals surface area contributed by atoms with Crippen molar-refractivity contribution in [1.82, 2.24) is 24.7 Å². The van der Waals surface area contributed by atoms with E-state index in [1.807, 2.05) is 47.2 Å². The first kappa shape index (κ1) is 56.3. The van der Waals surface area contributed by atoms with Crippen LogP contribution in [-0.2, 0) is 24.6 Å². The quantitative estimate of drug-likeness (QED) is 0.0819. The Kier molecular flexibility index (Phi) is 18.1. The summed E-state index contributed by atoms with van der Waals surface area (Å²) in [6.45, 7) is 14.1. The summed E-state index contributed by atoms with van der Waals surface area (Å²) in [5.74, 6) is -0.644. The molecule has 0 bridgehead atoms. The van der Waals surface area contributed by atoms with Crippen molar-refractivity contribution >= 4 is 78.5 Å². The van der Waals surface area contributed by atoms with Gasteiger partial charge in [0.05, 0.1) is 23.8 Å². The van der Waals surface area contributed by atoms with E-state index >= 15 is 0 Å². The Hall–Kier alpha value is -3.89. The molecule has 0 aromatic heterocycles. The molecule has 4 aromatic carbocycles. The van der Waals surface area contributed by atoms with E-state index in [1.54, 1.807) is 12.1 Å². The standard InChI is InChI=1S/C53H65ClF3N7O6S3.ClH/c1-51(37-62-25-22-58-23-26-62)19-17-47(39-7-11-42(54)12-8-39)41(34-51)35-61-27-29-63(30-28-61)44-13-9-40(10-14-44)50(65)60-73(68,69)46-15-16-48(49(33-46)72(66,67)53(55,56)57)59-43(36-71-45-5-3-2-4-6-45)18-24-64-31-32-70-38-52(64)20-21-52;/h2-16,33,43,58-59H,17-32,34-38H2,1H3,(H,60,65);1H/t43-,51-;/m1./s1. The minimum absolute atomic E-state index is 0. The van der Waals surface area contributed by atoms with E-state index in [0.29, 0.717) is 44.5 Å². The van der Waals surface area contributed by atoms with Crippen LogP contribution in [-0.4, -0.2) is 152 Å². The maximum absolute atomic E-state index is 14.3. The highest BCUT2D eigenvalue weighted by molar-refractivity contribution is 7.99. The number of nitrogens with one attached hydrogen (secondary N) is 3. The van der Waals surface area contributed by atoms with E-state index in [1.165, 1.54) is 40.6 Å². The van der Waals surface area contributed by atoms with Crippen molar-refractivity contribution in [2.45, 2.75) is 77.2 Å². The highest BCUT2D eigenvalue weighted by Crippen LogP contribution is 2.45. The number of hydrogen-bond donors (Lipinski definition) is 3. The van der Waals surface area contributed by atoms with E-state index in [4.69, 9.17) is 16.3 Å². The number of anilines is 2. The molecule has 3 heterocycles. The monoisotopic (exact) mass is 1120 g/mol. The van der Waals surface area contributed by atoms with Crippen LogP contribution in [0.15, 0.2) is 117 Å². The molecule has 0 radical (unpaired) electrons. The summed E-state index contributed by atoms with van der Waals surface area (Å²) in [5.41, 5.74) is -1.05. The summed E-state index contributed by atoms with van der Waals surface area (Å²) < 4.78 is 105. The molecule has 74 heavy (non-hydrogen) atoms. The average Bonchev–Trinajstić information content (AvgIpc) is 4.15. The zero-order chi connectivity index (χ0) is 51.4. The van der Waals surface area contributed by atoms with Gasteiger partial charge in [-0.25, -0.2) is 21.6 Å². The van der Waals surface area contributed by atoms with Crippen molar-refractivity contribution in [2.75, 3.05) is 108 Å². The molecule has 2 aliphatic carbocycles. The first-order valence-electron chi connectivity index (χ1n) is 25.2. The predicted molar refractivity (Wildman–Crippen MR) is 290 cm³/mol. The van der Waals surface area contributed by atoms with Crippen LogP contribution >= 0.6 is 35.8 Å². The second-order valence-corrected chi connectivity index (χ2v) is 25.6. The molecule has 4 fully saturated rings. The lowest BCUT2D eigenvalue weighted by Crippen LogP contribution is -2.49. The molecule has 21 heteroatoms. The number of halogens is 5. The molecule has 1 saturated carbocycles. The number of amides is 1. The molecule has 1 amide bonds. The Morgan fingerprint density at radius 2 is 1.57 bits per heavy atom. The van der Waals surface area contributed by atoms with E-state index in [2.05, 4.69) is 49.3 Å². The van der Waals surface area contributed by atoms with Crippen molar-refractivity contribution in [1.29, 1.82) is 0 Å². The van der Waals surface area contributed by atoms with Crippen molar-refractivity contribution in [3.05, 3.63) is 119 Å². The number of allylic oxidation sites excluding steroid dienone is 1. The van der Waals surface area contributed by atoms with Gasteiger partial charge >= 0.3 is 5.51 Å². The fraction of sp³-hybridized carbons (Fsp3) is 0.491. The zero-order valence-electron chi connectivity index (χ0n) is 41.5. The van der Waals surface area contributed by atoms with Gasteiger partial charge in [0.25, 0.3) is 25.8 Å². The first-order chi connectivity index (χ1) is 34.9. The molecule has 3 N–H and O–H groups in total. The van der Waals surface area contributed by atoms with Crippen molar-refractivity contribution in [3.63, 3.8) is 0 Å². The van der Waals surface area contributed by atoms with Gasteiger partial charge in [-0.2, -0.15) is 13.2 Å². The Labute approximate surface area is 449 Å². The van der Waals surface area contributed by atoms with E-state index in [9.17, 15) is 34.8 Å². The summed E-state index contributed by atoms with van der Waals surface area (Å²) in [6, 6.07) is 26.1. The van der Waals surface area contributed by atoms with Crippen molar-refractivity contribution < 1.29 is 39.5 Å². The SMILES string of the molecule is C[C@@]1(CN2CCNCC2)CCC(c2ccc(Cl)cc2)=C(CN2CCN(c3ccc(C(=O)NS(=O)(=O)c4ccc(N[C@H](CCN5CCOCC56CC6)CSc5ccccc5)c(S(=O)(=O)C(F)(F)F)c4)cc3)CC2)C1.Cl. The number of thioether (sulfide) groups is 1. The molecule has 0 unspecified atom stereocenters. The normalized spacial score (nSPS) is 21.5. The second-order valence-electron chi connectivity index (χ2n) is 20.5. The number of nitrogens with zero attached hydrogens (tertiary/aromatic N) is 4. The molecule has 4 aromatic rings. The maximum Gasteiger partial charge on any atom is 0.501 e. The van der Waals surface area contributed by atoms with Gasteiger partial charge in [0.1, 0.15) is 4.90 Å². The van der Waals surface area contributed by atoms with Crippen LogP contribution in [0.5, 0.6) is 0 Å². The maximum atomic E-state index is 14.3. The van der Waals surface area contributed by atoms with Crippen LogP contribution < -0.4 is 20.3 Å². The number of sulfonamides is 1. The largest absolute Gasteiger partial charge is 0.501 e. The number of benzene rings is 4. The van der Waals surface area contributed by atoms with E-state index in [-0.39, 0.29) is 34.6 Å². The Morgan fingerprint density at radius 3 is 2.24 bits per heavy atom. The van der Waals surface area contributed by atoms with Crippen LogP contribution in [0.1, 0.15) is 61.4 Å². The lowest BCUT2D eigenvalue weighted by Gasteiger charge is -2.43. The number of morpholine rings is 1. The number of piperazine rings is 2. The Bertz CT molecular complexity index is 2830. The molecule has 5 aliphatic rings. The fourth-order valence-corrected chi connectivity index (χ4v) is 13.9. The molecule has 1 spiro atoms. The summed E-state index contributed by atoms with van der Waals surface area (Å²) in [7, 11) is -10.9. The molecule has 2 atom stereocenters. The van der Waals surface area contributed by atoms with Crippen LogP contribution in [0.2, 0.25) is 5.02 Å². The summed E-state index contributed by atoms with van der Waals surface area (Å²) in [6.07, 6.45) is 5.59. The lowest BCUT2D eigenvalue weighted by atomic mass is 9.71. The third-order valence-corrected chi connectivity index (χ3v) is 19.4. The summed E-state index contributed by atoms with van der Waals surface area (Å²) >= 11 is 7.76. The van der Waals surface area contributed by atoms with Gasteiger partial charge in [-0.1, -0.05) is 54.4 Å². The van der Waals surface area contributed by atoms with E-state index in [0.717, 1.165) is 125 Å². The Balaban J connectivity index is 0.00000729. The minimum atomic E-state index is -6.07. The first-order valence-corrected chi connectivity index (χ1v) is 29.5. The Morgan fingerprint density at radius 1 is 0.865 bits per heavy atom. The van der Waals surface area contributed by atoms with Crippen molar-refractivity contribution in [3.8, 4) is 0 Å². The van der Waals surface area contributed by atoms with Gasteiger partial charge in [-0.3, -0.25) is 14.6 Å².